The molecule has 0 saturated heterocycles. The molecule has 17 heavy (non-hydrogen) atoms. The minimum absolute atomic E-state index is 0.226. The van der Waals surface area contributed by atoms with Gasteiger partial charge < -0.3 is 9.63 Å². The number of aromatic nitrogens is 3. The van der Waals surface area contributed by atoms with Crippen molar-refractivity contribution in [2.24, 2.45) is 0 Å². The van der Waals surface area contributed by atoms with Crippen molar-refractivity contribution in [2.75, 3.05) is 0 Å². The number of hydrogen-bond donors (Lipinski definition) is 1. The van der Waals surface area contributed by atoms with Crippen LogP contribution in [0.25, 0.3) is 11.3 Å². The molecule has 0 aliphatic heterocycles. The van der Waals surface area contributed by atoms with Crippen molar-refractivity contribution >= 4 is 5.97 Å². The van der Waals surface area contributed by atoms with Gasteiger partial charge in [-0.05, 0) is 12.8 Å². The number of carbonyl (C=O) groups is 1. The Kier molecular flexibility index (Phi) is 2.14. The maximum atomic E-state index is 10.6. The van der Waals surface area contributed by atoms with E-state index in [1.54, 1.807) is 0 Å². The molecule has 1 aliphatic rings. The molecule has 6 heteroatoms. The molecule has 1 N–H and O–H groups in total. The molecule has 1 fully saturated rings. The summed E-state index contributed by atoms with van der Waals surface area (Å²) < 4.78 is 5.17. The van der Waals surface area contributed by atoms with Gasteiger partial charge in [0.2, 0.25) is 5.82 Å². The van der Waals surface area contributed by atoms with Gasteiger partial charge in [-0.2, -0.15) is 0 Å². The zero-order valence-corrected chi connectivity index (χ0v) is 8.83. The third kappa shape index (κ3) is 1.89. The standard InChI is InChI=1S/C11H9N3O3/c15-11(16)10-12-4-7(5-13-10)9-3-8(14-17-9)6-1-2-6/h3-6H,1-2H2,(H,15,16). The van der Waals surface area contributed by atoms with E-state index < -0.39 is 5.97 Å². The van der Waals surface area contributed by atoms with Gasteiger partial charge in [0, 0.05) is 24.4 Å². The number of aromatic carboxylic acids is 1. The van der Waals surface area contributed by atoms with Crippen LogP contribution in [0.2, 0.25) is 0 Å². The lowest BCUT2D eigenvalue weighted by molar-refractivity contribution is 0.0683. The average Bonchev–Trinajstić information content (AvgIpc) is 3.07. The van der Waals surface area contributed by atoms with E-state index in [1.807, 2.05) is 6.07 Å². The Bertz CT molecular complexity index is 558. The van der Waals surface area contributed by atoms with E-state index in [4.69, 9.17) is 9.63 Å². The summed E-state index contributed by atoms with van der Waals surface area (Å²) in [6, 6.07) is 1.86. The van der Waals surface area contributed by atoms with Crippen LogP contribution >= 0.6 is 0 Å². The van der Waals surface area contributed by atoms with Gasteiger partial charge in [-0.3, -0.25) is 0 Å². The summed E-state index contributed by atoms with van der Waals surface area (Å²) in [5.41, 5.74) is 1.58. The lowest BCUT2D eigenvalue weighted by Crippen LogP contribution is -2.02. The highest BCUT2D eigenvalue weighted by Crippen LogP contribution is 2.40. The van der Waals surface area contributed by atoms with Crippen LogP contribution in [-0.2, 0) is 0 Å². The molecule has 3 rings (SSSR count). The Labute approximate surface area is 96.3 Å². The van der Waals surface area contributed by atoms with Gasteiger partial charge in [0.15, 0.2) is 5.76 Å². The predicted octanol–water partition coefficient (Wildman–Crippen LogP) is 1.71. The molecule has 0 amide bonds. The van der Waals surface area contributed by atoms with E-state index in [0.717, 1.165) is 18.5 Å². The minimum atomic E-state index is -1.15. The molecule has 0 bridgehead atoms. The number of nitrogens with zero attached hydrogens (tertiary/aromatic N) is 3. The molecule has 0 aromatic carbocycles. The monoisotopic (exact) mass is 231 g/mol. The smallest absolute Gasteiger partial charge is 0.373 e. The SMILES string of the molecule is O=C(O)c1ncc(-c2cc(C3CC3)no2)cn1. The van der Waals surface area contributed by atoms with E-state index in [0.29, 0.717) is 17.2 Å². The summed E-state index contributed by atoms with van der Waals surface area (Å²) in [7, 11) is 0. The average molecular weight is 231 g/mol. The van der Waals surface area contributed by atoms with Crippen molar-refractivity contribution in [1.82, 2.24) is 15.1 Å². The third-order valence-corrected chi connectivity index (χ3v) is 2.65. The second-order valence-electron chi connectivity index (χ2n) is 3.99. The molecular formula is C11H9N3O3. The molecule has 1 saturated carbocycles. The molecule has 2 aromatic rings. The van der Waals surface area contributed by atoms with E-state index in [2.05, 4.69) is 15.1 Å². The van der Waals surface area contributed by atoms with Crippen LogP contribution in [0.4, 0.5) is 0 Å². The molecular weight excluding hydrogens is 222 g/mol. The topological polar surface area (TPSA) is 89.1 Å². The zero-order chi connectivity index (χ0) is 11.8. The molecule has 6 nitrogen and oxygen atoms in total. The Hall–Kier alpha value is -2.24. The molecule has 2 aromatic heterocycles. The summed E-state index contributed by atoms with van der Waals surface area (Å²) in [4.78, 5) is 18.0. The van der Waals surface area contributed by atoms with Gasteiger partial charge in [0.25, 0.3) is 0 Å². The van der Waals surface area contributed by atoms with E-state index in [1.165, 1.54) is 12.4 Å². The largest absolute Gasteiger partial charge is 0.475 e. The van der Waals surface area contributed by atoms with Crippen molar-refractivity contribution < 1.29 is 14.4 Å². The van der Waals surface area contributed by atoms with Crippen LogP contribution in [0.5, 0.6) is 0 Å². The maximum absolute atomic E-state index is 10.6. The fourth-order valence-electron chi connectivity index (χ4n) is 1.56. The Balaban J connectivity index is 1.89. The zero-order valence-electron chi connectivity index (χ0n) is 8.83. The molecule has 1 aliphatic carbocycles. The quantitative estimate of drug-likeness (QED) is 0.864. The highest BCUT2D eigenvalue weighted by atomic mass is 16.5. The first-order valence-corrected chi connectivity index (χ1v) is 5.26. The van der Waals surface area contributed by atoms with E-state index in [9.17, 15) is 4.79 Å². The molecule has 86 valence electrons. The summed E-state index contributed by atoms with van der Waals surface area (Å²) in [5.74, 6) is -0.279. The van der Waals surface area contributed by atoms with Crippen LogP contribution in [0.3, 0.4) is 0 Å². The lowest BCUT2D eigenvalue weighted by Gasteiger charge is -1.94. The van der Waals surface area contributed by atoms with Crippen LogP contribution in [0.1, 0.15) is 35.1 Å². The third-order valence-electron chi connectivity index (χ3n) is 2.65. The summed E-state index contributed by atoms with van der Waals surface area (Å²) in [5, 5.41) is 12.6. The van der Waals surface area contributed by atoms with Gasteiger partial charge in [-0.15, -0.1) is 0 Å². The highest BCUT2D eigenvalue weighted by molar-refractivity contribution is 5.83. The van der Waals surface area contributed by atoms with Gasteiger partial charge in [-0.25, -0.2) is 14.8 Å². The second kappa shape index (κ2) is 3.65. The number of hydrogen-bond acceptors (Lipinski definition) is 5. The molecule has 0 unspecified atom stereocenters. The molecule has 0 atom stereocenters. The fraction of sp³-hybridized carbons (Fsp3) is 0.273. The van der Waals surface area contributed by atoms with Gasteiger partial charge in [0.05, 0.1) is 11.3 Å². The molecule has 0 radical (unpaired) electrons. The first-order valence-electron chi connectivity index (χ1n) is 5.26. The van der Waals surface area contributed by atoms with Crippen molar-refractivity contribution in [3.8, 4) is 11.3 Å². The predicted molar refractivity (Wildman–Crippen MR) is 56.5 cm³/mol. The van der Waals surface area contributed by atoms with Crippen LogP contribution in [-0.4, -0.2) is 26.2 Å². The highest BCUT2D eigenvalue weighted by Gasteiger charge is 2.27. The summed E-state index contributed by atoms with van der Waals surface area (Å²) >= 11 is 0. The van der Waals surface area contributed by atoms with Crippen molar-refractivity contribution in [3.05, 3.63) is 30.0 Å². The summed E-state index contributed by atoms with van der Waals surface area (Å²) in [6.07, 6.45) is 5.15. The van der Waals surface area contributed by atoms with Crippen LogP contribution in [0, 0.1) is 0 Å². The van der Waals surface area contributed by atoms with Crippen molar-refractivity contribution in [2.45, 2.75) is 18.8 Å². The second-order valence-corrected chi connectivity index (χ2v) is 3.99. The van der Waals surface area contributed by atoms with Crippen molar-refractivity contribution in [1.29, 1.82) is 0 Å². The van der Waals surface area contributed by atoms with Gasteiger partial charge in [-0.1, -0.05) is 5.16 Å². The van der Waals surface area contributed by atoms with Gasteiger partial charge >= 0.3 is 5.97 Å². The number of carboxylic acids is 1. The molecule has 0 spiro atoms. The number of carboxylic acid groups (broad SMARTS) is 1. The summed E-state index contributed by atoms with van der Waals surface area (Å²) in [6.45, 7) is 0. The first kappa shape index (κ1) is 9.95. The van der Waals surface area contributed by atoms with E-state index >= 15 is 0 Å². The number of rotatable bonds is 3. The lowest BCUT2D eigenvalue weighted by atomic mass is 10.2. The Morgan fingerprint density at radius 1 is 1.35 bits per heavy atom. The fourth-order valence-corrected chi connectivity index (χ4v) is 1.56. The molecule has 2 heterocycles. The Morgan fingerprint density at radius 3 is 2.65 bits per heavy atom. The minimum Gasteiger partial charge on any atom is -0.475 e. The van der Waals surface area contributed by atoms with Crippen molar-refractivity contribution in [3.63, 3.8) is 0 Å². The first-order chi connectivity index (χ1) is 8.24. The van der Waals surface area contributed by atoms with E-state index in [-0.39, 0.29) is 5.82 Å². The van der Waals surface area contributed by atoms with Gasteiger partial charge in [0.1, 0.15) is 0 Å². The van der Waals surface area contributed by atoms with Crippen LogP contribution in [0.15, 0.2) is 23.0 Å². The maximum Gasteiger partial charge on any atom is 0.373 e. The Morgan fingerprint density at radius 2 is 2.06 bits per heavy atom. The van der Waals surface area contributed by atoms with Crippen LogP contribution < -0.4 is 0 Å². The normalized spacial score (nSPS) is 14.8.